The van der Waals surface area contributed by atoms with Gasteiger partial charge in [-0.3, -0.25) is 4.68 Å². The van der Waals surface area contributed by atoms with Crippen molar-refractivity contribution in [3.8, 4) is 0 Å². The third kappa shape index (κ3) is 2.89. The summed E-state index contributed by atoms with van der Waals surface area (Å²) in [5.41, 5.74) is 1.26. The maximum Gasteiger partial charge on any atom is 0.246 e. The van der Waals surface area contributed by atoms with E-state index in [1.165, 1.54) is 17.1 Å². The molecule has 6 nitrogen and oxygen atoms in total. The summed E-state index contributed by atoms with van der Waals surface area (Å²) < 4.78 is 28.4. The molecular formula is C13H24N4O2S. The van der Waals surface area contributed by atoms with Gasteiger partial charge in [-0.15, -0.1) is 0 Å². The van der Waals surface area contributed by atoms with Crippen LogP contribution in [-0.2, 0) is 17.1 Å². The van der Waals surface area contributed by atoms with E-state index in [1.54, 1.807) is 32.6 Å². The molecule has 0 saturated carbocycles. The smallest absolute Gasteiger partial charge is 0.246 e. The molecular weight excluding hydrogens is 276 g/mol. The van der Waals surface area contributed by atoms with Crippen LogP contribution in [0.15, 0.2) is 4.90 Å². The lowest BCUT2D eigenvalue weighted by molar-refractivity contribution is 0.310. The van der Waals surface area contributed by atoms with Crippen molar-refractivity contribution in [2.75, 3.05) is 33.2 Å². The molecule has 0 unspecified atom stereocenters. The average molecular weight is 300 g/mol. The fourth-order valence-corrected chi connectivity index (χ4v) is 4.25. The largest absolute Gasteiger partial charge is 0.302 e. The summed E-state index contributed by atoms with van der Waals surface area (Å²) in [6.07, 6.45) is 2.44. The molecule has 2 heterocycles. The first-order valence-electron chi connectivity index (χ1n) is 7.03. The topological polar surface area (TPSA) is 58.4 Å². The predicted molar refractivity (Wildman–Crippen MR) is 78.2 cm³/mol. The van der Waals surface area contributed by atoms with Crippen molar-refractivity contribution >= 4 is 10.0 Å². The van der Waals surface area contributed by atoms with E-state index in [9.17, 15) is 8.42 Å². The summed E-state index contributed by atoms with van der Waals surface area (Å²) in [6.45, 7) is 7.03. The molecule has 1 aromatic rings. The molecule has 0 bridgehead atoms. The zero-order valence-electron chi connectivity index (χ0n) is 12.8. The van der Waals surface area contributed by atoms with E-state index in [2.05, 4.69) is 10.00 Å². The fraction of sp³-hybridized carbons (Fsp3) is 0.769. The van der Waals surface area contributed by atoms with Gasteiger partial charge in [-0.1, -0.05) is 0 Å². The maximum absolute atomic E-state index is 12.6. The van der Waals surface area contributed by atoms with E-state index in [0.29, 0.717) is 22.8 Å². The van der Waals surface area contributed by atoms with Crippen LogP contribution in [0.5, 0.6) is 0 Å². The van der Waals surface area contributed by atoms with Crippen LogP contribution >= 0.6 is 0 Å². The Bertz CT molecular complexity index is 573. The molecule has 0 N–H and O–H groups in total. The van der Waals surface area contributed by atoms with Gasteiger partial charge >= 0.3 is 0 Å². The molecule has 0 amide bonds. The Balaban J connectivity index is 2.12. The van der Waals surface area contributed by atoms with E-state index in [0.717, 1.165) is 19.6 Å². The average Bonchev–Trinajstić information content (AvgIpc) is 2.96. The molecule has 0 radical (unpaired) electrons. The fourth-order valence-electron chi connectivity index (χ4n) is 2.69. The van der Waals surface area contributed by atoms with Crippen molar-refractivity contribution in [2.24, 2.45) is 7.05 Å². The summed E-state index contributed by atoms with van der Waals surface area (Å²) in [5.74, 6) is 0. The second-order valence-electron chi connectivity index (χ2n) is 5.50. The van der Waals surface area contributed by atoms with Gasteiger partial charge in [0.1, 0.15) is 4.90 Å². The zero-order valence-corrected chi connectivity index (χ0v) is 13.6. The predicted octanol–water partition coefficient (Wildman–Crippen LogP) is 0.753. The monoisotopic (exact) mass is 300 g/mol. The molecule has 20 heavy (non-hydrogen) atoms. The van der Waals surface area contributed by atoms with E-state index >= 15 is 0 Å². The molecule has 1 aliphatic rings. The first-order valence-corrected chi connectivity index (χ1v) is 8.47. The van der Waals surface area contributed by atoms with Crippen LogP contribution in [0.2, 0.25) is 0 Å². The van der Waals surface area contributed by atoms with Gasteiger partial charge < -0.3 is 4.90 Å². The third-order valence-corrected chi connectivity index (χ3v) is 6.15. The molecule has 2 rings (SSSR count). The molecule has 7 heteroatoms. The number of aryl methyl sites for hydroxylation is 2. The quantitative estimate of drug-likeness (QED) is 0.805. The minimum absolute atomic E-state index is 0.351. The first kappa shape index (κ1) is 15.5. The Morgan fingerprint density at radius 1 is 1.25 bits per heavy atom. The van der Waals surface area contributed by atoms with Crippen molar-refractivity contribution < 1.29 is 8.42 Å². The highest BCUT2D eigenvalue weighted by atomic mass is 32.2. The van der Waals surface area contributed by atoms with Crippen LogP contribution in [0.25, 0.3) is 0 Å². The number of likely N-dealkylation sites (N-methyl/N-ethyl adjacent to an activating group) is 1. The van der Waals surface area contributed by atoms with E-state index in [4.69, 9.17) is 0 Å². The summed E-state index contributed by atoms with van der Waals surface area (Å²) in [7, 11) is -0.0283. The highest BCUT2D eigenvalue weighted by molar-refractivity contribution is 7.89. The number of hydrogen-bond donors (Lipinski definition) is 0. The molecule has 1 aromatic heterocycles. The lowest BCUT2D eigenvalue weighted by atomic mass is 10.4. The van der Waals surface area contributed by atoms with Crippen LogP contribution in [0, 0.1) is 13.8 Å². The van der Waals surface area contributed by atoms with Crippen molar-refractivity contribution in [1.29, 1.82) is 0 Å². The molecule has 1 aliphatic heterocycles. The van der Waals surface area contributed by atoms with E-state index in [1.807, 2.05) is 0 Å². The van der Waals surface area contributed by atoms with Gasteiger partial charge in [-0.2, -0.15) is 9.40 Å². The Kier molecular flexibility index (Phi) is 4.51. The molecule has 1 saturated heterocycles. The van der Waals surface area contributed by atoms with Crippen LogP contribution in [0.1, 0.15) is 24.2 Å². The van der Waals surface area contributed by atoms with Crippen molar-refractivity contribution in [3.63, 3.8) is 0 Å². The maximum atomic E-state index is 12.6. The van der Waals surface area contributed by atoms with Crippen molar-refractivity contribution in [3.05, 3.63) is 11.4 Å². The Morgan fingerprint density at radius 3 is 2.35 bits per heavy atom. The Hall–Kier alpha value is -0.920. The lowest BCUT2D eigenvalue weighted by Crippen LogP contribution is -2.35. The van der Waals surface area contributed by atoms with Crippen LogP contribution < -0.4 is 0 Å². The normalized spacial score (nSPS) is 17.2. The number of likely N-dealkylation sites (tertiary alicyclic amines) is 1. The van der Waals surface area contributed by atoms with Crippen LogP contribution in [-0.4, -0.2) is 60.6 Å². The zero-order chi connectivity index (χ0) is 14.9. The number of rotatable bonds is 5. The van der Waals surface area contributed by atoms with Crippen LogP contribution in [0.3, 0.4) is 0 Å². The second kappa shape index (κ2) is 5.83. The standard InChI is InChI=1S/C13H24N4O2S/c1-11-13(12(2)16(4)14-11)20(18,19)15(3)9-10-17-7-5-6-8-17/h5-10H2,1-4H3. The molecule has 0 atom stereocenters. The molecule has 0 aliphatic carbocycles. The highest BCUT2D eigenvalue weighted by Crippen LogP contribution is 2.22. The SMILES string of the molecule is Cc1nn(C)c(C)c1S(=O)(=O)N(C)CCN1CCCC1. The van der Waals surface area contributed by atoms with Gasteiger partial charge in [0.05, 0.1) is 11.4 Å². The Morgan fingerprint density at radius 2 is 1.85 bits per heavy atom. The minimum Gasteiger partial charge on any atom is -0.302 e. The minimum atomic E-state index is -3.45. The number of hydrogen-bond acceptors (Lipinski definition) is 4. The molecule has 114 valence electrons. The van der Waals surface area contributed by atoms with Crippen LogP contribution in [0.4, 0.5) is 0 Å². The molecule has 0 aromatic carbocycles. The number of nitrogens with zero attached hydrogens (tertiary/aromatic N) is 4. The number of aromatic nitrogens is 2. The highest BCUT2D eigenvalue weighted by Gasteiger charge is 2.28. The van der Waals surface area contributed by atoms with E-state index in [-0.39, 0.29) is 0 Å². The summed E-state index contributed by atoms with van der Waals surface area (Å²) in [6, 6.07) is 0. The summed E-state index contributed by atoms with van der Waals surface area (Å²) >= 11 is 0. The van der Waals surface area contributed by atoms with E-state index < -0.39 is 10.0 Å². The third-order valence-electron chi connectivity index (χ3n) is 4.04. The van der Waals surface area contributed by atoms with Gasteiger partial charge in [0.25, 0.3) is 0 Å². The Labute approximate surface area is 121 Å². The summed E-state index contributed by atoms with van der Waals surface area (Å²) in [4.78, 5) is 2.67. The van der Waals surface area contributed by atoms with Crippen molar-refractivity contribution in [1.82, 2.24) is 19.0 Å². The van der Waals surface area contributed by atoms with Crippen molar-refractivity contribution in [2.45, 2.75) is 31.6 Å². The van der Waals surface area contributed by atoms with Gasteiger partial charge in [0, 0.05) is 27.2 Å². The summed E-state index contributed by atoms with van der Waals surface area (Å²) in [5, 5.41) is 4.20. The molecule has 0 spiro atoms. The first-order chi connectivity index (χ1) is 9.34. The van der Waals surface area contributed by atoms with Gasteiger partial charge in [-0.05, 0) is 39.8 Å². The van der Waals surface area contributed by atoms with Gasteiger partial charge in [0.2, 0.25) is 10.0 Å². The van der Waals surface area contributed by atoms with Gasteiger partial charge in [-0.25, -0.2) is 8.42 Å². The lowest BCUT2D eigenvalue weighted by Gasteiger charge is -2.21. The molecule has 1 fully saturated rings. The van der Waals surface area contributed by atoms with Gasteiger partial charge in [0.15, 0.2) is 0 Å². The second-order valence-corrected chi connectivity index (χ2v) is 7.48. The number of sulfonamides is 1.